The van der Waals surface area contributed by atoms with Crippen LogP contribution in [0.2, 0.25) is 0 Å². The van der Waals surface area contributed by atoms with E-state index >= 15 is 0 Å². The van der Waals surface area contributed by atoms with Gasteiger partial charge in [0.1, 0.15) is 13.0 Å². The van der Waals surface area contributed by atoms with Gasteiger partial charge in [-0.25, -0.2) is 9.79 Å². The lowest BCUT2D eigenvalue weighted by Crippen LogP contribution is -2.39. The highest BCUT2D eigenvalue weighted by Gasteiger charge is 2.31. The first-order valence-electron chi connectivity index (χ1n) is 14.2. The second-order valence-corrected chi connectivity index (χ2v) is 11.0. The van der Waals surface area contributed by atoms with Crippen molar-refractivity contribution in [1.29, 1.82) is 0 Å². The van der Waals surface area contributed by atoms with Crippen LogP contribution in [0.15, 0.2) is 70.6 Å². The van der Waals surface area contributed by atoms with E-state index in [1.165, 1.54) is 27.8 Å². The first-order valence-corrected chi connectivity index (χ1v) is 14.2. The maximum absolute atomic E-state index is 12.0. The molecule has 3 atom stereocenters. The molecule has 40 heavy (non-hydrogen) atoms. The van der Waals surface area contributed by atoms with Gasteiger partial charge in [-0.15, -0.1) is 0 Å². The molecule has 4 aliphatic heterocycles. The minimum absolute atomic E-state index is 0.0727. The van der Waals surface area contributed by atoms with Crippen molar-refractivity contribution in [2.45, 2.75) is 50.2 Å². The van der Waals surface area contributed by atoms with Crippen molar-refractivity contribution in [2.24, 2.45) is 9.98 Å². The number of ether oxygens (including phenoxy) is 1. The van der Waals surface area contributed by atoms with Gasteiger partial charge < -0.3 is 20.3 Å². The molecule has 7 rings (SSSR count). The number of carbonyl (C=O) groups excluding carboxylic acids is 1. The Morgan fingerprint density at radius 2 is 1.95 bits per heavy atom. The summed E-state index contributed by atoms with van der Waals surface area (Å²) in [7, 11) is 0. The van der Waals surface area contributed by atoms with E-state index in [-0.39, 0.29) is 12.1 Å². The van der Waals surface area contributed by atoms with E-state index in [0.29, 0.717) is 18.6 Å². The normalized spacial score (nSPS) is 23.6. The van der Waals surface area contributed by atoms with Gasteiger partial charge in [0.05, 0.1) is 29.5 Å². The molecule has 3 aromatic rings. The molecule has 2 saturated heterocycles. The molecule has 2 N–H and O–H groups in total. The number of nitrogens with one attached hydrogen (secondary N) is 2. The summed E-state index contributed by atoms with van der Waals surface area (Å²) >= 11 is 0. The summed E-state index contributed by atoms with van der Waals surface area (Å²) in [6, 6.07) is 21.5. The predicted molar refractivity (Wildman–Crippen MR) is 159 cm³/mol. The van der Waals surface area contributed by atoms with Crippen LogP contribution in [0.25, 0.3) is 11.1 Å². The van der Waals surface area contributed by atoms with E-state index in [1.54, 1.807) is 6.34 Å². The topological polar surface area (TPSA) is 92.4 Å². The lowest BCUT2D eigenvalue weighted by Gasteiger charge is -2.33. The Bertz CT molecular complexity index is 1460. The van der Waals surface area contributed by atoms with E-state index in [1.807, 2.05) is 18.5 Å². The monoisotopic (exact) mass is 533 g/mol. The Morgan fingerprint density at radius 3 is 2.77 bits per heavy atom. The van der Waals surface area contributed by atoms with Crippen LogP contribution in [-0.2, 0) is 11.2 Å². The Balaban J connectivity index is 1.24. The van der Waals surface area contributed by atoms with Gasteiger partial charge in [-0.05, 0) is 79.0 Å². The van der Waals surface area contributed by atoms with E-state index < -0.39 is 0 Å². The number of carbonyl (C=O) groups is 1. The molecule has 4 heterocycles. The summed E-state index contributed by atoms with van der Waals surface area (Å²) in [5.41, 5.74) is 8.89. The van der Waals surface area contributed by atoms with Gasteiger partial charge in [0.2, 0.25) is 0 Å². The zero-order valence-electron chi connectivity index (χ0n) is 22.4. The zero-order valence-corrected chi connectivity index (χ0v) is 22.4. The van der Waals surface area contributed by atoms with Crippen LogP contribution in [0.3, 0.4) is 0 Å². The summed E-state index contributed by atoms with van der Waals surface area (Å²) in [4.78, 5) is 22.8. The van der Waals surface area contributed by atoms with Crippen LogP contribution in [0.4, 0.5) is 21.9 Å². The molecule has 0 bridgehead atoms. The number of aliphatic imine (C=N–C) groups is 2. The number of fused-ring (bicyclic) bond motifs is 1. The summed E-state index contributed by atoms with van der Waals surface area (Å²) in [6.45, 7) is 2.27. The lowest BCUT2D eigenvalue weighted by molar-refractivity contribution is 0.112. The number of rotatable bonds is 6. The first-order chi connectivity index (χ1) is 19.7. The summed E-state index contributed by atoms with van der Waals surface area (Å²) in [5, 5.41) is 10.9. The maximum Gasteiger partial charge on any atom is 0.346 e. The number of amides is 2. The fourth-order valence-corrected chi connectivity index (χ4v) is 6.56. The molecule has 0 aromatic heterocycles. The molecule has 3 aromatic carbocycles. The highest BCUT2D eigenvalue weighted by molar-refractivity contribution is 6.03. The van der Waals surface area contributed by atoms with Crippen molar-refractivity contribution in [3.8, 4) is 11.1 Å². The van der Waals surface area contributed by atoms with Crippen molar-refractivity contribution in [3.63, 3.8) is 0 Å². The van der Waals surface area contributed by atoms with Gasteiger partial charge in [-0.3, -0.25) is 4.99 Å². The number of nitrogens with zero attached hydrogens (tertiary/aromatic N) is 4. The van der Waals surface area contributed by atoms with Crippen LogP contribution < -0.4 is 20.9 Å². The van der Waals surface area contributed by atoms with Gasteiger partial charge in [0.25, 0.3) is 0 Å². The SMILES string of the molecule is O=C1[N]c2c(cccc2C2CCNC(Cc3cc(C4CCCO4)c(N4C=NC=NC4)cc3-c3ccccc3)C2)N1. The van der Waals surface area contributed by atoms with Crippen LogP contribution in [0.1, 0.15) is 54.4 Å². The summed E-state index contributed by atoms with van der Waals surface area (Å²) in [6.07, 6.45) is 8.55. The number of hydrogen-bond donors (Lipinski definition) is 2. The van der Waals surface area contributed by atoms with Crippen molar-refractivity contribution >= 4 is 35.8 Å². The predicted octanol–water partition coefficient (Wildman–Crippen LogP) is 5.90. The molecule has 4 aliphatic rings. The van der Waals surface area contributed by atoms with Crippen molar-refractivity contribution in [1.82, 2.24) is 10.6 Å². The number of hydrogen-bond acceptors (Lipinski definition) is 6. The molecule has 0 aliphatic carbocycles. The molecule has 2 amide bonds. The molecule has 2 fully saturated rings. The Labute approximate surface area is 234 Å². The average Bonchev–Trinajstić information content (AvgIpc) is 3.67. The lowest BCUT2D eigenvalue weighted by atomic mass is 9.82. The number of anilines is 2. The fraction of sp³-hybridized carbons (Fsp3) is 0.344. The molecular formula is C32H33N6O2. The quantitative estimate of drug-likeness (QED) is 0.413. The number of para-hydroxylation sites is 1. The van der Waals surface area contributed by atoms with Gasteiger partial charge in [-0.1, -0.05) is 48.5 Å². The van der Waals surface area contributed by atoms with E-state index in [2.05, 4.69) is 79.4 Å². The Kier molecular flexibility index (Phi) is 6.79. The van der Waals surface area contributed by atoms with Crippen molar-refractivity contribution < 1.29 is 9.53 Å². The third-order valence-electron chi connectivity index (χ3n) is 8.43. The molecule has 1 radical (unpaired) electrons. The number of urea groups is 1. The maximum atomic E-state index is 12.0. The standard InChI is InChI=1S/C32H33N6O2/c39-32-36-28-9-4-8-25(31(28)37-32)22-11-12-35-24(14-22)15-23-16-27(30-10-5-13-40-30)29(38-19-33-18-34-20-38)17-26(23)21-6-2-1-3-7-21/h1-4,6-9,16-19,22,24,30,35H,5,10-15,20H2,(H,36,39). The fourth-order valence-electron chi connectivity index (χ4n) is 6.56. The van der Waals surface area contributed by atoms with Gasteiger partial charge in [0, 0.05) is 18.2 Å². The van der Waals surface area contributed by atoms with Crippen molar-refractivity contribution in [2.75, 3.05) is 30.0 Å². The van der Waals surface area contributed by atoms with E-state index in [4.69, 9.17) is 4.74 Å². The minimum atomic E-state index is -0.272. The molecule has 8 nitrogen and oxygen atoms in total. The van der Waals surface area contributed by atoms with Crippen LogP contribution >= 0.6 is 0 Å². The third-order valence-corrected chi connectivity index (χ3v) is 8.43. The highest BCUT2D eigenvalue weighted by Crippen LogP contribution is 2.42. The molecule has 8 heteroatoms. The van der Waals surface area contributed by atoms with Gasteiger partial charge >= 0.3 is 6.03 Å². The minimum Gasteiger partial charge on any atom is -0.373 e. The summed E-state index contributed by atoms with van der Waals surface area (Å²) in [5.74, 6) is 0.345. The van der Waals surface area contributed by atoms with Crippen molar-refractivity contribution in [3.05, 3.63) is 77.4 Å². The van der Waals surface area contributed by atoms with Gasteiger partial charge in [0.15, 0.2) is 0 Å². The molecule has 3 unspecified atom stereocenters. The largest absolute Gasteiger partial charge is 0.373 e. The van der Waals surface area contributed by atoms with Crippen LogP contribution in [0.5, 0.6) is 0 Å². The number of piperidine rings is 1. The second-order valence-electron chi connectivity index (χ2n) is 11.0. The Hall–Kier alpha value is -4.01. The molecule has 203 valence electrons. The molecule has 0 spiro atoms. The van der Waals surface area contributed by atoms with E-state index in [0.717, 1.165) is 62.3 Å². The highest BCUT2D eigenvalue weighted by atomic mass is 16.5. The third kappa shape index (κ3) is 4.89. The zero-order chi connectivity index (χ0) is 26.9. The smallest absolute Gasteiger partial charge is 0.346 e. The van der Waals surface area contributed by atoms with Crippen LogP contribution in [-0.4, -0.2) is 44.6 Å². The first kappa shape index (κ1) is 25.0. The summed E-state index contributed by atoms with van der Waals surface area (Å²) < 4.78 is 6.22. The second kappa shape index (κ2) is 10.9. The van der Waals surface area contributed by atoms with E-state index in [9.17, 15) is 4.79 Å². The van der Waals surface area contributed by atoms with Gasteiger partial charge in [-0.2, -0.15) is 5.32 Å². The van der Waals surface area contributed by atoms with Crippen LogP contribution in [0, 0.1) is 0 Å². The number of benzene rings is 3. The molecular weight excluding hydrogens is 500 g/mol. The Morgan fingerprint density at radius 1 is 1.02 bits per heavy atom. The average molecular weight is 534 g/mol. The molecule has 0 saturated carbocycles.